The van der Waals surface area contributed by atoms with Gasteiger partial charge in [-0.3, -0.25) is 0 Å². The minimum Gasteiger partial charge on any atom is -0.624 e. The molecule has 0 fully saturated rings. The SMILES string of the molecule is C=CCOc1ccc(/C=[N+](\[O-])CCc2ccccc2)cc1. The molecule has 3 heteroatoms. The molecule has 0 aliphatic carbocycles. The molecule has 108 valence electrons. The van der Waals surface area contributed by atoms with Gasteiger partial charge in [0.25, 0.3) is 0 Å². The molecule has 0 heterocycles. The van der Waals surface area contributed by atoms with Crippen molar-refractivity contribution < 1.29 is 9.48 Å². The van der Waals surface area contributed by atoms with Crippen molar-refractivity contribution in [3.8, 4) is 5.75 Å². The molecule has 0 saturated carbocycles. The Kier molecular flexibility index (Phi) is 5.59. The van der Waals surface area contributed by atoms with Crippen LogP contribution >= 0.6 is 0 Å². The van der Waals surface area contributed by atoms with Gasteiger partial charge in [-0.1, -0.05) is 43.0 Å². The van der Waals surface area contributed by atoms with E-state index in [1.165, 1.54) is 5.56 Å². The van der Waals surface area contributed by atoms with E-state index < -0.39 is 0 Å². The summed E-state index contributed by atoms with van der Waals surface area (Å²) < 4.78 is 6.36. The lowest BCUT2D eigenvalue weighted by Gasteiger charge is -2.05. The molecule has 2 rings (SSSR count). The molecule has 0 spiro atoms. The molecule has 0 aliphatic heterocycles. The Morgan fingerprint density at radius 2 is 1.76 bits per heavy atom. The second-order valence-electron chi connectivity index (χ2n) is 4.67. The fraction of sp³-hybridized carbons (Fsp3) is 0.167. The second-order valence-corrected chi connectivity index (χ2v) is 4.67. The van der Waals surface area contributed by atoms with Crippen molar-refractivity contribution in [3.05, 3.63) is 83.6 Å². The Balaban J connectivity index is 1.90. The highest BCUT2D eigenvalue weighted by Crippen LogP contribution is 2.11. The predicted molar refractivity (Wildman–Crippen MR) is 85.9 cm³/mol. The van der Waals surface area contributed by atoms with E-state index in [4.69, 9.17) is 4.74 Å². The lowest BCUT2D eigenvalue weighted by Crippen LogP contribution is -2.10. The average molecular weight is 281 g/mol. The second kappa shape index (κ2) is 7.90. The minimum atomic E-state index is 0.443. The molecular weight excluding hydrogens is 262 g/mol. The van der Waals surface area contributed by atoms with Gasteiger partial charge >= 0.3 is 0 Å². The highest BCUT2D eigenvalue weighted by atomic mass is 16.5. The van der Waals surface area contributed by atoms with Crippen molar-refractivity contribution in [2.45, 2.75) is 6.42 Å². The molecule has 0 aliphatic rings. The van der Waals surface area contributed by atoms with Crippen LogP contribution in [0, 0.1) is 5.21 Å². The van der Waals surface area contributed by atoms with E-state index in [9.17, 15) is 5.21 Å². The summed E-state index contributed by atoms with van der Waals surface area (Å²) in [7, 11) is 0. The topological polar surface area (TPSA) is 35.3 Å². The van der Waals surface area contributed by atoms with Crippen molar-refractivity contribution in [2.75, 3.05) is 13.2 Å². The van der Waals surface area contributed by atoms with Gasteiger partial charge in [0.05, 0.1) is 0 Å². The summed E-state index contributed by atoms with van der Waals surface area (Å²) in [6.45, 7) is 4.52. The first-order chi connectivity index (χ1) is 10.3. The van der Waals surface area contributed by atoms with Gasteiger partial charge in [-0.2, -0.15) is 0 Å². The maximum atomic E-state index is 11.9. The van der Waals surface area contributed by atoms with Gasteiger partial charge in [-0.05, 0) is 29.8 Å². The molecule has 2 aromatic rings. The summed E-state index contributed by atoms with van der Waals surface area (Å²) in [5.74, 6) is 0.772. The van der Waals surface area contributed by atoms with E-state index in [0.717, 1.165) is 22.5 Å². The van der Waals surface area contributed by atoms with Crippen molar-refractivity contribution in [3.63, 3.8) is 0 Å². The molecule has 0 unspecified atom stereocenters. The Hall–Kier alpha value is -2.55. The van der Waals surface area contributed by atoms with E-state index >= 15 is 0 Å². The zero-order valence-corrected chi connectivity index (χ0v) is 11.9. The fourth-order valence-electron chi connectivity index (χ4n) is 1.92. The van der Waals surface area contributed by atoms with Crippen molar-refractivity contribution in [1.82, 2.24) is 0 Å². The molecular formula is C18H19NO2. The van der Waals surface area contributed by atoms with Crippen molar-refractivity contribution >= 4 is 6.21 Å². The summed E-state index contributed by atoms with van der Waals surface area (Å²) in [6.07, 6.45) is 4.03. The van der Waals surface area contributed by atoms with E-state index in [0.29, 0.717) is 13.2 Å². The maximum Gasteiger partial charge on any atom is 0.181 e. The summed E-state index contributed by atoms with van der Waals surface area (Å²) in [6, 6.07) is 17.4. The Labute approximate surface area is 125 Å². The summed E-state index contributed by atoms with van der Waals surface area (Å²) in [5, 5.41) is 11.9. The van der Waals surface area contributed by atoms with Gasteiger partial charge in [0, 0.05) is 12.0 Å². The van der Waals surface area contributed by atoms with Crippen LogP contribution in [0.1, 0.15) is 11.1 Å². The standard InChI is InChI=1S/C18H19NO2/c1-2-14-21-18-10-8-17(9-11-18)15-19(20)13-12-16-6-4-3-5-7-16/h2-11,15H,1,12-14H2/b19-15-. The van der Waals surface area contributed by atoms with E-state index in [1.807, 2.05) is 54.6 Å². The van der Waals surface area contributed by atoms with Gasteiger partial charge in [-0.25, -0.2) is 4.74 Å². The van der Waals surface area contributed by atoms with Crippen LogP contribution in [0.2, 0.25) is 0 Å². The Morgan fingerprint density at radius 1 is 1.05 bits per heavy atom. The van der Waals surface area contributed by atoms with Crippen LogP contribution < -0.4 is 4.74 Å². The first kappa shape index (κ1) is 14.9. The molecule has 0 N–H and O–H groups in total. The van der Waals surface area contributed by atoms with Gasteiger partial charge in [0.1, 0.15) is 12.4 Å². The normalized spacial score (nSPS) is 11.1. The fourth-order valence-corrected chi connectivity index (χ4v) is 1.92. The molecule has 0 atom stereocenters. The molecule has 2 aromatic carbocycles. The quantitative estimate of drug-likeness (QED) is 0.256. The monoisotopic (exact) mass is 281 g/mol. The summed E-state index contributed by atoms with van der Waals surface area (Å²) >= 11 is 0. The number of hydrogen-bond acceptors (Lipinski definition) is 2. The zero-order valence-electron chi connectivity index (χ0n) is 11.9. The molecule has 3 nitrogen and oxygen atoms in total. The zero-order chi connectivity index (χ0) is 14.9. The van der Waals surface area contributed by atoms with Crippen LogP contribution in [0.25, 0.3) is 0 Å². The largest absolute Gasteiger partial charge is 0.624 e. The number of ether oxygens (including phenoxy) is 1. The third-order valence-electron chi connectivity index (χ3n) is 3.00. The molecule has 0 bridgehead atoms. The summed E-state index contributed by atoms with van der Waals surface area (Å²) in [5.41, 5.74) is 2.03. The average Bonchev–Trinajstić information content (AvgIpc) is 2.53. The van der Waals surface area contributed by atoms with Gasteiger partial charge in [0.15, 0.2) is 12.8 Å². The maximum absolute atomic E-state index is 11.9. The number of rotatable bonds is 7. The van der Waals surface area contributed by atoms with Crippen LogP contribution in [0.3, 0.4) is 0 Å². The smallest absolute Gasteiger partial charge is 0.181 e. The van der Waals surface area contributed by atoms with Crippen LogP contribution in [0.5, 0.6) is 5.75 Å². The van der Waals surface area contributed by atoms with Gasteiger partial charge in [0.2, 0.25) is 0 Å². The van der Waals surface area contributed by atoms with E-state index in [1.54, 1.807) is 12.3 Å². The number of hydrogen-bond donors (Lipinski definition) is 0. The predicted octanol–water partition coefficient (Wildman–Crippen LogP) is 3.42. The number of hydroxylamine groups is 1. The van der Waals surface area contributed by atoms with Crippen LogP contribution in [-0.4, -0.2) is 24.1 Å². The van der Waals surface area contributed by atoms with E-state index in [2.05, 4.69) is 6.58 Å². The first-order valence-corrected chi connectivity index (χ1v) is 6.94. The molecule has 21 heavy (non-hydrogen) atoms. The van der Waals surface area contributed by atoms with Crippen molar-refractivity contribution in [2.24, 2.45) is 0 Å². The van der Waals surface area contributed by atoms with Crippen LogP contribution in [0.15, 0.2) is 67.3 Å². The third kappa shape index (κ3) is 5.15. The minimum absolute atomic E-state index is 0.443. The Morgan fingerprint density at radius 3 is 2.43 bits per heavy atom. The lowest BCUT2D eigenvalue weighted by molar-refractivity contribution is -0.451. The molecule has 0 radical (unpaired) electrons. The van der Waals surface area contributed by atoms with Crippen LogP contribution in [-0.2, 0) is 6.42 Å². The summed E-state index contributed by atoms with van der Waals surface area (Å²) in [4.78, 5) is 0. The molecule has 0 aromatic heterocycles. The molecule has 0 saturated heterocycles. The third-order valence-corrected chi connectivity index (χ3v) is 3.00. The number of benzene rings is 2. The van der Waals surface area contributed by atoms with Gasteiger partial charge < -0.3 is 9.94 Å². The highest BCUT2D eigenvalue weighted by molar-refractivity contribution is 5.75. The van der Waals surface area contributed by atoms with E-state index in [-0.39, 0.29) is 0 Å². The highest BCUT2D eigenvalue weighted by Gasteiger charge is 1.99. The van der Waals surface area contributed by atoms with Gasteiger partial charge in [-0.15, -0.1) is 0 Å². The number of nitrogens with zero attached hydrogens (tertiary/aromatic N) is 1. The first-order valence-electron chi connectivity index (χ1n) is 6.94. The molecule has 0 amide bonds. The van der Waals surface area contributed by atoms with Crippen molar-refractivity contribution in [1.29, 1.82) is 0 Å². The Bertz CT molecular complexity index is 588. The van der Waals surface area contributed by atoms with Crippen LogP contribution in [0.4, 0.5) is 0 Å². The lowest BCUT2D eigenvalue weighted by atomic mass is 10.1.